The zero-order valence-electron chi connectivity index (χ0n) is 9.25. The van der Waals surface area contributed by atoms with Crippen LogP contribution >= 0.6 is 11.3 Å². The van der Waals surface area contributed by atoms with E-state index in [2.05, 4.69) is 15.0 Å². The molecule has 0 radical (unpaired) electrons. The minimum absolute atomic E-state index is 0.299. The van der Waals surface area contributed by atoms with Crippen LogP contribution in [-0.4, -0.2) is 26.0 Å². The lowest BCUT2D eigenvalue weighted by molar-refractivity contribution is 0.0700. The van der Waals surface area contributed by atoms with Crippen LogP contribution in [0.15, 0.2) is 18.6 Å². The van der Waals surface area contributed by atoms with E-state index >= 15 is 0 Å². The SMILES string of the molecule is CCCc1nc(-c2cnccn2)sc1C(=O)O. The second kappa shape index (κ2) is 5.01. The molecule has 1 N–H and O–H groups in total. The van der Waals surface area contributed by atoms with Gasteiger partial charge in [0.15, 0.2) is 0 Å². The summed E-state index contributed by atoms with van der Waals surface area (Å²) >= 11 is 1.15. The summed E-state index contributed by atoms with van der Waals surface area (Å²) in [6, 6.07) is 0. The van der Waals surface area contributed by atoms with Crippen molar-refractivity contribution in [3.63, 3.8) is 0 Å². The van der Waals surface area contributed by atoms with Gasteiger partial charge in [0.1, 0.15) is 15.6 Å². The van der Waals surface area contributed by atoms with Crippen molar-refractivity contribution in [3.05, 3.63) is 29.2 Å². The fourth-order valence-electron chi connectivity index (χ4n) is 1.44. The van der Waals surface area contributed by atoms with Crippen molar-refractivity contribution in [1.82, 2.24) is 15.0 Å². The Bertz CT molecular complexity index is 525. The summed E-state index contributed by atoms with van der Waals surface area (Å²) in [6.07, 6.45) is 6.25. The van der Waals surface area contributed by atoms with Crippen LogP contribution in [0, 0.1) is 0 Å². The molecule has 0 aromatic carbocycles. The van der Waals surface area contributed by atoms with Gasteiger partial charge in [-0.3, -0.25) is 9.97 Å². The molecule has 0 atom stereocenters. The van der Waals surface area contributed by atoms with Crippen LogP contribution in [0.3, 0.4) is 0 Å². The number of carboxylic acids is 1. The van der Waals surface area contributed by atoms with Gasteiger partial charge in [0.05, 0.1) is 11.9 Å². The van der Waals surface area contributed by atoms with E-state index in [4.69, 9.17) is 5.11 Å². The number of nitrogens with zero attached hydrogens (tertiary/aromatic N) is 3. The maximum absolute atomic E-state index is 11.1. The van der Waals surface area contributed by atoms with Gasteiger partial charge in [0.25, 0.3) is 0 Å². The molecular formula is C11H11N3O2S. The Balaban J connectivity index is 2.44. The van der Waals surface area contributed by atoms with Crippen LogP contribution in [-0.2, 0) is 6.42 Å². The van der Waals surface area contributed by atoms with Crippen LogP contribution in [0.25, 0.3) is 10.7 Å². The molecule has 2 rings (SSSR count). The molecule has 0 aliphatic carbocycles. The van der Waals surface area contributed by atoms with E-state index in [1.165, 1.54) is 0 Å². The summed E-state index contributed by atoms with van der Waals surface area (Å²) in [5, 5.41) is 9.70. The highest BCUT2D eigenvalue weighted by molar-refractivity contribution is 7.17. The first-order valence-electron chi connectivity index (χ1n) is 5.21. The van der Waals surface area contributed by atoms with E-state index in [0.29, 0.717) is 27.7 Å². The van der Waals surface area contributed by atoms with Crippen molar-refractivity contribution in [1.29, 1.82) is 0 Å². The first-order valence-corrected chi connectivity index (χ1v) is 6.03. The van der Waals surface area contributed by atoms with E-state index in [9.17, 15) is 4.79 Å². The predicted octanol–water partition coefficient (Wildman–Crippen LogP) is 2.25. The highest BCUT2D eigenvalue weighted by atomic mass is 32.1. The van der Waals surface area contributed by atoms with Gasteiger partial charge in [-0.05, 0) is 6.42 Å². The van der Waals surface area contributed by atoms with Crippen molar-refractivity contribution in [3.8, 4) is 10.7 Å². The van der Waals surface area contributed by atoms with E-state index in [-0.39, 0.29) is 0 Å². The third kappa shape index (κ3) is 2.47. The average molecular weight is 249 g/mol. The smallest absolute Gasteiger partial charge is 0.347 e. The minimum atomic E-state index is -0.930. The van der Waals surface area contributed by atoms with Crippen molar-refractivity contribution in [2.45, 2.75) is 19.8 Å². The Morgan fingerprint density at radius 2 is 2.29 bits per heavy atom. The fourth-order valence-corrected chi connectivity index (χ4v) is 2.36. The normalized spacial score (nSPS) is 10.4. The van der Waals surface area contributed by atoms with Gasteiger partial charge in [-0.15, -0.1) is 11.3 Å². The first-order chi connectivity index (χ1) is 8.22. The average Bonchev–Trinajstić information content (AvgIpc) is 2.75. The van der Waals surface area contributed by atoms with Crippen molar-refractivity contribution >= 4 is 17.3 Å². The zero-order valence-corrected chi connectivity index (χ0v) is 10.1. The largest absolute Gasteiger partial charge is 0.477 e. The number of aromatic nitrogens is 3. The topological polar surface area (TPSA) is 76.0 Å². The molecule has 5 nitrogen and oxygen atoms in total. The Hall–Kier alpha value is -1.82. The van der Waals surface area contributed by atoms with Gasteiger partial charge in [0, 0.05) is 12.4 Å². The first kappa shape index (κ1) is 11.7. The molecular weight excluding hydrogens is 238 g/mol. The molecule has 0 saturated heterocycles. The number of carbonyl (C=O) groups is 1. The lowest BCUT2D eigenvalue weighted by Crippen LogP contribution is -1.98. The zero-order chi connectivity index (χ0) is 12.3. The molecule has 0 aliphatic heterocycles. The standard InChI is InChI=1S/C11H11N3O2S/c1-2-3-7-9(11(15)16)17-10(14-7)8-6-12-4-5-13-8/h4-6H,2-3H2,1H3,(H,15,16). The number of rotatable bonds is 4. The summed E-state index contributed by atoms with van der Waals surface area (Å²) in [7, 11) is 0. The highest BCUT2D eigenvalue weighted by Crippen LogP contribution is 2.27. The van der Waals surface area contributed by atoms with Gasteiger partial charge >= 0.3 is 5.97 Å². The molecule has 2 heterocycles. The van der Waals surface area contributed by atoms with Crippen molar-refractivity contribution in [2.75, 3.05) is 0 Å². The maximum Gasteiger partial charge on any atom is 0.347 e. The highest BCUT2D eigenvalue weighted by Gasteiger charge is 2.17. The Kier molecular flexibility index (Phi) is 3.43. The van der Waals surface area contributed by atoms with Crippen molar-refractivity contribution < 1.29 is 9.90 Å². The second-order valence-corrected chi connectivity index (χ2v) is 4.44. The van der Waals surface area contributed by atoms with Gasteiger partial charge in [0.2, 0.25) is 0 Å². The Morgan fingerprint density at radius 1 is 1.47 bits per heavy atom. The summed E-state index contributed by atoms with van der Waals surface area (Å²) in [5.41, 5.74) is 1.24. The van der Waals surface area contributed by atoms with Crippen LogP contribution < -0.4 is 0 Å². The molecule has 0 aliphatic rings. The van der Waals surface area contributed by atoms with E-state index in [1.807, 2.05) is 6.92 Å². The van der Waals surface area contributed by atoms with E-state index in [0.717, 1.165) is 17.8 Å². The number of carboxylic acid groups (broad SMARTS) is 1. The molecule has 2 aromatic heterocycles. The summed E-state index contributed by atoms with van der Waals surface area (Å²) in [4.78, 5) is 23.8. The number of thiazole rings is 1. The molecule has 0 fully saturated rings. The molecule has 0 bridgehead atoms. The molecule has 2 aromatic rings. The lowest BCUT2D eigenvalue weighted by Gasteiger charge is -1.93. The molecule has 88 valence electrons. The van der Waals surface area contributed by atoms with Crippen LogP contribution in [0.5, 0.6) is 0 Å². The maximum atomic E-state index is 11.1. The van der Waals surface area contributed by atoms with Crippen LogP contribution in [0.1, 0.15) is 28.7 Å². The number of hydrogen-bond acceptors (Lipinski definition) is 5. The molecule has 6 heteroatoms. The van der Waals surface area contributed by atoms with Crippen molar-refractivity contribution in [2.24, 2.45) is 0 Å². The van der Waals surface area contributed by atoms with Gasteiger partial charge < -0.3 is 5.11 Å². The third-order valence-electron chi connectivity index (χ3n) is 2.16. The molecule has 0 spiro atoms. The van der Waals surface area contributed by atoms with Gasteiger partial charge in [-0.25, -0.2) is 9.78 Å². The summed E-state index contributed by atoms with van der Waals surface area (Å²) in [6.45, 7) is 1.99. The number of aromatic carboxylic acids is 1. The number of hydrogen-bond donors (Lipinski definition) is 1. The van der Waals surface area contributed by atoms with E-state index < -0.39 is 5.97 Å². The monoisotopic (exact) mass is 249 g/mol. The molecule has 0 saturated carbocycles. The molecule has 17 heavy (non-hydrogen) atoms. The second-order valence-electron chi connectivity index (χ2n) is 3.44. The third-order valence-corrected chi connectivity index (χ3v) is 3.27. The van der Waals surface area contributed by atoms with Crippen LogP contribution in [0.4, 0.5) is 0 Å². The fraction of sp³-hybridized carbons (Fsp3) is 0.273. The van der Waals surface area contributed by atoms with Gasteiger partial charge in [-0.1, -0.05) is 13.3 Å². The molecule has 0 amide bonds. The van der Waals surface area contributed by atoms with Crippen LogP contribution in [0.2, 0.25) is 0 Å². The van der Waals surface area contributed by atoms with Gasteiger partial charge in [-0.2, -0.15) is 0 Å². The lowest BCUT2D eigenvalue weighted by atomic mass is 10.2. The summed E-state index contributed by atoms with van der Waals surface area (Å²) in [5.74, 6) is -0.930. The quantitative estimate of drug-likeness (QED) is 0.899. The number of aryl methyl sites for hydroxylation is 1. The summed E-state index contributed by atoms with van der Waals surface area (Å²) < 4.78 is 0. The molecule has 0 unspecified atom stereocenters. The minimum Gasteiger partial charge on any atom is -0.477 e. The van der Waals surface area contributed by atoms with E-state index in [1.54, 1.807) is 18.6 Å². The Labute approximate surface area is 102 Å². The Morgan fingerprint density at radius 3 is 2.88 bits per heavy atom. The predicted molar refractivity (Wildman–Crippen MR) is 64.1 cm³/mol.